The molecule has 0 aliphatic rings. The van der Waals surface area contributed by atoms with Gasteiger partial charge < -0.3 is 37.6 Å². The summed E-state index contributed by atoms with van der Waals surface area (Å²) in [6, 6.07) is -4.38. The lowest BCUT2D eigenvalue weighted by atomic mass is 9.97. The Bertz CT molecular complexity index is 579. The van der Waals surface area contributed by atoms with E-state index >= 15 is 0 Å². The van der Waals surface area contributed by atoms with Crippen molar-refractivity contribution >= 4 is 36.3 Å². The summed E-state index contributed by atoms with van der Waals surface area (Å²) in [6.07, 6.45) is 1.90. The van der Waals surface area contributed by atoms with Crippen LogP contribution >= 0.6 is 12.6 Å². The predicted octanol–water partition coefficient (Wildman–Crippen LogP) is -2.05. The molecule has 0 aromatic carbocycles. The zero-order valence-corrected chi connectivity index (χ0v) is 18.4. The lowest BCUT2D eigenvalue weighted by Crippen LogP contribution is -2.59. The normalized spacial score (nSPS) is 15.9. The molecule has 11 nitrogen and oxygen atoms in total. The number of rotatable bonds is 15. The first-order valence-electron chi connectivity index (χ1n) is 9.94. The van der Waals surface area contributed by atoms with Crippen LogP contribution in [0, 0.1) is 5.92 Å². The van der Waals surface area contributed by atoms with Gasteiger partial charge in [-0.3, -0.25) is 14.4 Å². The second-order valence-corrected chi connectivity index (χ2v) is 7.45. The highest BCUT2D eigenvalue weighted by Gasteiger charge is 2.32. The Kier molecular flexibility index (Phi) is 14.0. The highest BCUT2D eigenvalue weighted by molar-refractivity contribution is 7.80. The standard InChI is InChI=1S/C18H35N5O6S/c1-3-10(2)14(23-15(25)11(20)9-30)17(27)21-12(6-4-5-7-19)16(26)22-13(8-24)18(28)29/h10-14,24,30H,3-9,19-20H2,1-2H3,(H,21,27)(H,22,26)(H,23,25)(H,28,29). The molecule has 174 valence electrons. The predicted molar refractivity (Wildman–Crippen MR) is 115 cm³/mol. The molecule has 5 atom stereocenters. The van der Waals surface area contributed by atoms with E-state index in [0.29, 0.717) is 25.8 Å². The average Bonchev–Trinajstić information content (AvgIpc) is 2.72. The molecule has 0 fully saturated rings. The van der Waals surface area contributed by atoms with Gasteiger partial charge in [0.15, 0.2) is 0 Å². The number of hydrogen-bond acceptors (Lipinski definition) is 8. The van der Waals surface area contributed by atoms with E-state index in [1.807, 2.05) is 6.92 Å². The van der Waals surface area contributed by atoms with Gasteiger partial charge >= 0.3 is 5.97 Å². The van der Waals surface area contributed by atoms with Crippen LogP contribution in [0.3, 0.4) is 0 Å². The lowest BCUT2D eigenvalue weighted by molar-refractivity contribution is -0.143. The first-order valence-corrected chi connectivity index (χ1v) is 10.6. The maximum atomic E-state index is 12.9. The maximum absolute atomic E-state index is 12.9. The monoisotopic (exact) mass is 449 g/mol. The molecular formula is C18H35N5O6S. The van der Waals surface area contributed by atoms with Gasteiger partial charge in [-0.05, 0) is 31.7 Å². The summed E-state index contributed by atoms with van der Waals surface area (Å²) < 4.78 is 0. The van der Waals surface area contributed by atoms with Crippen LogP contribution in [0.1, 0.15) is 39.5 Å². The summed E-state index contributed by atoms with van der Waals surface area (Å²) in [4.78, 5) is 48.6. The van der Waals surface area contributed by atoms with Crippen molar-refractivity contribution < 1.29 is 29.4 Å². The van der Waals surface area contributed by atoms with Crippen LogP contribution in [0.2, 0.25) is 0 Å². The molecule has 3 amide bonds. The molecule has 0 saturated carbocycles. The number of aliphatic hydroxyl groups is 1. The van der Waals surface area contributed by atoms with Crippen LogP contribution in [-0.4, -0.2) is 77.0 Å². The summed E-state index contributed by atoms with van der Waals surface area (Å²) >= 11 is 3.97. The van der Waals surface area contributed by atoms with Gasteiger partial charge in [-0.15, -0.1) is 0 Å². The van der Waals surface area contributed by atoms with Crippen LogP contribution < -0.4 is 27.4 Å². The van der Waals surface area contributed by atoms with Gasteiger partial charge in [-0.25, -0.2) is 4.79 Å². The maximum Gasteiger partial charge on any atom is 0.328 e. The van der Waals surface area contributed by atoms with Gasteiger partial charge in [-0.2, -0.15) is 12.6 Å². The molecule has 0 aliphatic heterocycles. The van der Waals surface area contributed by atoms with Crippen LogP contribution in [0.25, 0.3) is 0 Å². The highest BCUT2D eigenvalue weighted by atomic mass is 32.1. The summed E-state index contributed by atoms with van der Waals surface area (Å²) in [5.74, 6) is -3.43. The largest absolute Gasteiger partial charge is 0.480 e. The minimum absolute atomic E-state index is 0.0997. The van der Waals surface area contributed by atoms with E-state index in [1.54, 1.807) is 6.92 Å². The second-order valence-electron chi connectivity index (χ2n) is 7.09. The first kappa shape index (κ1) is 28.1. The van der Waals surface area contributed by atoms with Gasteiger partial charge in [0.1, 0.15) is 18.1 Å². The fourth-order valence-electron chi connectivity index (χ4n) is 2.53. The molecule has 0 rings (SSSR count). The van der Waals surface area contributed by atoms with Gasteiger partial charge in [0.25, 0.3) is 0 Å². The SMILES string of the molecule is CCC(C)C(NC(=O)C(N)CS)C(=O)NC(CCCCN)C(=O)NC(CO)C(=O)O. The number of nitrogens with two attached hydrogens (primary N) is 2. The molecule has 30 heavy (non-hydrogen) atoms. The number of hydrogen-bond donors (Lipinski definition) is 8. The Balaban J connectivity index is 5.41. The number of carbonyl (C=O) groups excluding carboxylic acids is 3. The number of amides is 3. The van der Waals surface area contributed by atoms with E-state index < -0.39 is 54.5 Å². The number of unbranched alkanes of at least 4 members (excludes halogenated alkanes) is 1. The Labute approximate surface area is 182 Å². The molecule has 0 aliphatic carbocycles. The number of carbonyl (C=O) groups is 4. The molecule has 5 unspecified atom stereocenters. The molecule has 0 aromatic rings. The number of thiol groups is 1. The topological polar surface area (TPSA) is 197 Å². The fourth-order valence-corrected chi connectivity index (χ4v) is 2.69. The van der Waals surface area contributed by atoms with Crippen LogP contribution in [0.4, 0.5) is 0 Å². The van der Waals surface area contributed by atoms with Crippen molar-refractivity contribution in [1.29, 1.82) is 0 Å². The number of carboxylic acid groups (broad SMARTS) is 1. The van der Waals surface area contributed by atoms with Gasteiger partial charge in [0.2, 0.25) is 17.7 Å². The summed E-state index contributed by atoms with van der Waals surface area (Å²) in [5, 5.41) is 25.5. The zero-order chi connectivity index (χ0) is 23.3. The third-order valence-electron chi connectivity index (χ3n) is 4.70. The minimum atomic E-state index is -1.50. The van der Waals surface area contributed by atoms with E-state index in [2.05, 4.69) is 28.6 Å². The Morgan fingerprint density at radius 2 is 1.60 bits per heavy atom. The molecule has 0 bridgehead atoms. The highest BCUT2D eigenvalue weighted by Crippen LogP contribution is 2.10. The van der Waals surface area contributed by atoms with Crippen LogP contribution in [0.5, 0.6) is 0 Å². The van der Waals surface area contributed by atoms with E-state index in [9.17, 15) is 19.2 Å². The van der Waals surface area contributed by atoms with Gasteiger partial charge in [0, 0.05) is 5.75 Å². The minimum Gasteiger partial charge on any atom is -0.480 e. The fraction of sp³-hybridized carbons (Fsp3) is 0.778. The second kappa shape index (κ2) is 15.0. The summed E-state index contributed by atoms with van der Waals surface area (Å²) in [7, 11) is 0. The Morgan fingerprint density at radius 1 is 1.00 bits per heavy atom. The number of aliphatic carboxylic acids is 1. The molecule has 0 radical (unpaired) electrons. The number of carboxylic acids is 1. The molecular weight excluding hydrogens is 414 g/mol. The van der Waals surface area contributed by atoms with Crippen molar-refractivity contribution in [2.75, 3.05) is 18.9 Å². The molecule has 12 heteroatoms. The first-order chi connectivity index (χ1) is 14.1. The Morgan fingerprint density at radius 3 is 2.07 bits per heavy atom. The van der Waals surface area contributed by atoms with E-state index in [-0.39, 0.29) is 18.1 Å². The van der Waals surface area contributed by atoms with Crippen molar-refractivity contribution in [2.45, 2.75) is 63.7 Å². The van der Waals surface area contributed by atoms with Crippen molar-refractivity contribution in [3.8, 4) is 0 Å². The van der Waals surface area contributed by atoms with Crippen LogP contribution in [-0.2, 0) is 19.2 Å². The number of aliphatic hydroxyl groups excluding tert-OH is 1. The molecule has 0 heterocycles. The lowest BCUT2D eigenvalue weighted by Gasteiger charge is -2.27. The summed E-state index contributed by atoms with van der Waals surface area (Å²) in [6.45, 7) is 3.22. The Hall–Kier alpha value is -1.89. The van der Waals surface area contributed by atoms with E-state index in [0.717, 1.165) is 0 Å². The molecule has 0 saturated heterocycles. The van der Waals surface area contributed by atoms with Gasteiger partial charge in [0.05, 0.1) is 12.6 Å². The van der Waals surface area contributed by atoms with Gasteiger partial charge in [-0.1, -0.05) is 20.3 Å². The third-order valence-corrected chi connectivity index (χ3v) is 5.10. The van der Waals surface area contributed by atoms with E-state index in [4.69, 9.17) is 21.7 Å². The van der Waals surface area contributed by atoms with Crippen LogP contribution in [0.15, 0.2) is 0 Å². The smallest absolute Gasteiger partial charge is 0.328 e. The molecule has 0 spiro atoms. The average molecular weight is 450 g/mol. The quantitative estimate of drug-likeness (QED) is 0.103. The zero-order valence-electron chi connectivity index (χ0n) is 17.5. The van der Waals surface area contributed by atoms with E-state index in [1.165, 1.54) is 0 Å². The van der Waals surface area contributed by atoms with Crippen molar-refractivity contribution in [1.82, 2.24) is 16.0 Å². The van der Waals surface area contributed by atoms with Crippen molar-refractivity contribution in [3.63, 3.8) is 0 Å². The molecule has 9 N–H and O–H groups in total. The summed E-state index contributed by atoms with van der Waals surface area (Å²) in [5.41, 5.74) is 11.1. The third kappa shape index (κ3) is 9.74. The molecule has 0 aromatic heterocycles. The van der Waals surface area contributed by atoms with Crippen molar-refractivity contribution in [2.24, 2.45) is 17.4 Å². The van der Waals surface area contributed by atoms with Crippen molar-refractivity contribution in [3.05, 3.63) is 0 Å². The number of nitrogens with one attached hydrogen (secondary N) is 3.